The van der Waals surface area contributed by atoms with E-state index in [0.717, 1.165) is 6.42 Å². The van der Waals surface area contributed by atoms with E-state index in [1.807, 2.05) is 6.92 Å². The lowest BCUT2D eigenvalue weighted by molar-refractivity contribution is -0.130. The molecule has 0 aromatic carbocycles. The predicted molar refractivity (Wildman–Crippen MR) is 45.6 cm³/mol. The first-order valence-electron chi connectivity index (χ1n) is 4.73. The topological polar surface area (TPSA) is 37.3 Å². The third-order valence-corrected chi connectivity index (χ3v) is 4.01. The lowest BCUT2D eigenvalue weighted by atomic mass is 9.87. The molecule has 2 heteroatoms. The number of aliphatic hydroxyl groups is 1. The van der Waals surface area contributed by atoms with Gasteiger partial charge in [-0.25, -0.2) is 0 Å². The Bertz CT molecular complexity index is 234. The molecule has 1 unspecified atom stereocenters. The van der Waals surface area contributed by atoms with Gasteiger partial charge in [0, 0.05) is 11.3 Å². The predicted octanol–water partition coefficient (Wildman–Crippen LogP) is 1.23. The van der Waals surface area contributed by atoms with Crippen LogP contribution in [0.3, 0.4) is 0 Å². The number of hydrogen-bond donors (Lipinski definition) is 1. The Labute approximate surface area is 73.0 Å². The lowest BCUT2D eigenvalue weighted by Crippen LogP contribution is -2.31. The third kappa shape index (κ3) is 0.674. The van der Waals surface area contributed by atoms with E-state index in [0.29, 0.717) is 11.8 Å². The van der Waals surface area contributed by atoms with Gasteiger partial charge in [-0.15, -0.1) is 0 Å². The van der Waals surface area contributed by atoms with Gasteiger partial charge in [0.05, 0.1) is 0 Å². The number of fused-ring (bicyclic) bond motifs is 1. The van der Waals surface area contributed by atoms with Crippen LogP contribution in [-0.4, -0.2) is 17.0 Å². The molecule has 2 nitrogen and oxygen atoms in total. The third-order valence-electron chi connectivity index (χ3n) is 4.01. The quantitative estimate of drug-likeness (QED) is 0.639. The second-order valence-electron chi connectivity index (χ2n) is 4.67. The summed E-state index contributed by atoms with van der Waals surface area (Å²) in [5.74, 6) is 1.08. The van der Waals surface area contributed by atoms with Gasteiger partial charge in [-0.3, -0.25) is 4.79 Å². The highest BCUT2D eigenvalue weighted by atomic mass is 16.3. The molecule has 0 heterocycles. The maximum atomic E-state index is 11.4. The average Bonchev–Trinajstić information content (AvgIpc) is 2.71. The van der Waals surface area contributed by atoms with E-state index in [1.165, 1.54) is 0 Å². The summed E-state index contributed by atoms with van der Waals surface area (Å²) in [6.45, 7) is 6.16. The SMILES string of the molecule is CC(C)[C@@]12CC1[C@H](C)C(=O)[C@@H]2O. The second-order valence-corrected chi connectivity index (χ2v) is 4.67. The summed E-state index contributed by atoms with van der Waals surface area (Å²) in [5.41, 5.74) is -0.0312. The minimum absolute atomic E-state index is 0.0312. The van der Waals surface area contributed by atoms with Gasteiger partial charge >= 0.3 is 0 Å². The number of carbonyl (C=O) groups is 1. The van der Waals surface area contributed by atoms with Crippen LogP contribution >= 0.6 is 0 Å². The summed E-state index contributed by atoms with van der Waals surface area (Å²) in [6, 6.07) is 0. The Balaban J connectivity index is 2.30. The Kier molecular flexibility index (Phi) is 1.45. The van der Waals surface area contributed by atoms with Gasteiger partial charge in [0.15, 0.2) is 5.78 Å². The number of ketones is 1. The van der Waals surface area contributed by atoms with Crippen molar-refractivity contribution in [1.82, 2.24) is 0 Å². The normalized spacial score (nSPS) is 51.4. The molecule has 0 saturated heterocycles. The van der Waals surface area contributed by atoms with E-state index < -0.39 is 6.10 Å². The molecule has 2 aliphatic carbocycles. The molecule has 0 spiro atoms. The molecule has 0 aromatic heterocycles. The van der Waals surface area contributed by atoms with Crippen LogP contribution < -0.4 is 0 Å². The first kappa shape index (κ1) is 8.24. The molecule has 0 radical (unpaired) electrons. The second kappa shape index (κ2) is 2.11. The fourth-order valence-corrected chi connectivity index (χ4v) is 2.97. The van der Waals surface area contributed by atoms with E-state index in [4.69, 9.17) is 0 Å². The molecule has 0 aromatic rings. The van der Waals surface area contributed by atoms with Gasteiger partial charge < -0.3 is 5.11 Å². The summed E-state index contributed by atoms with van der Waals surface area (Å²) in [5, 5.41) is 9.75. The first-order chi connectivity index (χ1) is 5.51. The number of rotatable bonds is 1. The molecular weight excluding hydrogens is 152 g/mol. The van der Waals surface area contributed by atoms with E-state index >= 15 is 0 Å². The minimum Gasteiger partial charge on any atom is -0.385 e. The van der Waals surface area contributed by atoms with Crippen LogP contribution in [0.4, 0.5) is 0 Å². The van der Waals surface area contributed by atoms with Crippen LogP contribution in [0.2, 0.25) is 0 Å². The number of hydrogen-bond acceptors (Lipinski definition) is 2. The Morgan fingerprint density at radius 3 is 2.42 bits per heavy atom. The molecule has 2 saturated carbocycles. The maximum Gasteiger partial charge on any atom is 0.164 e. The Morgan fingerprint density at radius 2 is 2.17 bits per heavy atom. The summed E-state index contributed by atoms with van der Waals surface area (Å²) >= 11 is 0. The van der Waals surface area contributed by atoms with Crippen LogP contribution in [0.25, 0.3) is 0 Å². The smallest absolute Gasteiger partial charge is 0.164 e. The summed E-state index contributed by atoms with van der Waals surface area (Å²) < 4.78 is 0. The zero-order valence-corrected chi connectivity index (χ0v) is 7.87. The highest BCUT2D eigenvalue weighted by molar-refractivity contribution is 5.90. The fraction of sp³-hybridized carbons (Fsp3) is 0.900. The van der Waals surface area contributed by atoms with Crippen molar-refractivity contribution < 1.29 is 9.90 Å². The van der Waals surface area contributed by atoms with Gasteiger partial charge in [-0.05, 0) is 18.3 Å². The van der Waals surface area contributed by atoms with Crippen molar-refractivity contribution in [3.63, 3.8) is 0 Å². The zero-order chi connectivity index (χ0) is 9.09. The van der Waals surface area contributed by atoms with Gasteiger partial charge in [0.2, 0.25) is 0 Å². The number of aliphatic hydroxyl groups excluding tert-OH is 1. The van der Waals surface area contributed by atoms with E-state index in [9.17, 15) is 9.90 Å². The molecule has 68 valence electrons. The van der Waals surface area contributed by atoms with Crippen molar-refractivity contribution in [1.29, 1.82) is 0 Å². The summed E-state index contributed by atoms with van der Waals surface area (Å²) in [7, 11) is 0. The molecular formula is C10H16O2. The molecule has 0 aliphatic heterocycles. The Morgan fingerprint density at radius 1 is 1.58 bits per heavy atom. The zero-order valence-electron chi connectivity index (χ0n) is 7.87. The van der Waals surface area contributed by atoms with Crippen molar-refractivity contribution >= 4 is 5.78 Å². The largest absolute Gasteiger partial charge is 0.385 e. The van der Waals surface area contributed by atoms with Crippen LogP contribution in [0.5, 0.6) is 0 Å². The first-order valence-corrected chi connectivity index (χ1v) is 4.73. The van der Waals surface area contributed by atoms with Crippen molar-refractivity contribution in [3.05, 3.63) is 0 Å². The van der Waals surface area contributed by atoms with E-state index in [-0.39, 0.29) is 17.1 Å². The molecule has 4 atom stereocenters. The maximum absolute atomic E-state index is 11.4. The molecule has 1 N–H and O–H groups in total. The molecule has 2 aliphatic rings. The van der Waals surface area contributed by atoms with Crippen molar-refractivity contribution in [3.8, 4) is 0 Å². The summed E-state index contributed by atoms with van der Waals surface area (Å²) in [4.78, 5) is 11.4. The molecule has 0 amide bonds. The Hall–Kier alpha value is -0.370. The van der Waals surface area contributed by atoms with Crippen molar-refractivity contribution in [2.24, 2.45) is 23.2 Å². The standard InChI is InChI=1S/C10H16O2/c1-5(2)10-4-7(10)6(3)8(11)9(10)12/h5-7,9,12H,4H2,1-3H3/t6-,7?,9-,10-/m0/s1. The highest BCUT2D eigenvalue weighted by Crippen LogP contribution is 2.68. The monoisotopic (exact) mass is 168 g/mol. The average molecular weight is 168 g/mol. The van der Waals surface area contributed by atoms with Gasteiger partial charge in [-0.2, -0.15) is 0 Å². The van der Waals surface area contributed by atoms with Crippen molar-refractivity contribution in [2.75, 3.05) is 0 Å². The fourth-order valence-electron chi connectivity index (χ4n) is 2.97. The van der Waals surface area contributed by atoms with Crippen LogP contribution in [-0.2, 0) is 4.79 Å². The van der Waals surface area contributed by atoms with Gasteiger partial charge in [-0.1, -0.05) is 20.8 Å². The number of carbonyl (C=O) groups excluding carboxylic acids is 1. The molecule has 2 fully saturated rings. The van der Waals surface area contributed by atoms with E-state index in [1.54, 1.807) is 0 Å². The van der Waals surface area contributed by atoms with Crippen LogP contribution in [0.15, 0.2) is 0 Å². The van der Waals surface area contributed by atoms with Gasteiger partial charge in [0.1, 0.15) is 6.10 Å². The van der Waals surface area contributed by atoms with Gasteiger partial charge in [0.25, 0.3) is 0 Å². The van der Waals surface area contributed by atoms with Crippen LogP contribution in [0, 0.1) is 23.2 Å². The van der Waals surface area contributed by atoms with Crippen molar-refractivity contribution in [2.45, 2.75) is 33.3 Å². The van der Waals surface area contributed by atoms with E-state index in [2.05, 4.69) is 13.8 Å². The lowest BCUT2D eigenvalue weighted by Gasteiger charge is -2.20. The molecule has 12 heavy (non-hydrogen) atoms. The molecule has 0 bridgehead atoms. The minimum atomic E-state index is -0.669. The number of Topliss-reactive ketones (excluding diaryl/α,β-unsaturated/α-hetero) is 1. The van der Waals surface area contributed by atoms with Crippen LogP contribution in [0.1, 0.15) is 27.2 Å². The molecule has 2 rings (SSSR count). The highest BCUT2D eigenvalue weighted by Gasteiger charge is 2.70. The summed E-state index contributed by atoms with van der Waals surface area (Å²) in [6.07, 6.45) is 0.385.